The Morgan fingerprint density at radius 2 is 0.805 bits per heavy atom. The third kappa shape index (κ3) is 27.1. The van der Waals surface area contributed by atoms with Crippen LogP contribution < -0.4 is 23.7 Å². The van der Waals surface area contributed by atoms with E-state index in [4.69, 9.17) is 28.4 Å². The fraction of sp³-hybridized carbons (Fsp3) is 0.426. The van der Waals surface area contributed by atoms with Gasteiger partial charge in [0.25, 0.3) is 20.2 Å². The van der Waals surface area contributed by atoms with Gasteiger partial charge in [0.1, 0.15) is 51.8 Å². The SMILES string of the molecule is C=C/C(=C\C)OCCCCCCCCOc1ccc(C(C)(C)c2ccc(Oc3ccc(S(=O)(=O)c4ccc(Oc5ccc(C(C)(C)c6ccc(Oc7ccc(S(=O)(=O)c8ccc(OC)cc8)cc7)c(CCC[Si](CC)(CC)CC)c6)cc5CCC[Si](CC)(CC)CC)cc4)cc3)c(CSCCCS(=O)(=O)O)c2)cc1C(=C)SCCS(=O)(=O)O. The first-order chi connectivity index (χ1) is 56.1. The molecule has 0 bridgehead atoms. The third-order valence-electron chi connectivity index (χ3n) is 23.7. The Bertz CT molecular complexity index is 5100. The van der Waals surface area contributed by atoms with E-state index in [9.17, 15) is 42.8 Å². The number of ether oxygens (including phenoxy) is 6. The topological polar surface area (TPSA) is 232 Å². The average Bonchev–Trinajstić information content (AvgIpc) is 0.780. The summed E-state index contributed by atoms with van der Waals surface area (Å²) in [5, 5.41) is 0. The summed E-state index contributed by atoms with van der Waals surface area (Å²) in [7, 11) is -17.6. The maximum absolute atomic E-state index is 14.5. The van der Waals surface area contributed by atoms with Gasteiger partial charge in [0, 0.05) is 38.4 Å². The quantitative estimate of drug-likeness (QED) is 0.0119. The van der Waals surface area contributed by atoms with Crippen molar-refractivity contribution in [3.8, 4) is 46.0 Å². The molecule has 16 nitrogen and oxygen atoms in total. The zero-order valence-electron chi connectivity index (χ0n) is 71.2. The molecule has 0 aliphatic heterocycles. The van der Waals surface area contributed by atoms with Gasteiger partial charge >= 0.3 is 0 Å². The van der Waals surface area contributed by atoms with Crippen molar-refractivity contribution in [2.75, 3.05) is 43.3 Å². The largest absolute Gasteiger partial charge is 0.497 e. The molecule has 0 spiro atoms. The van der Waals surface area contributed by atoms with E-state index in [-0.39, 0.29) is 37.5 Å². The van der Waals surface area contributed by atoms with Crippen LogP contribution in [0.4, 0.5) is 0 Å². The lowest BCUT2D eigenvalue weighted by Crippen LogP contribution is -2.31. The van der Waals surface area contributed by atoms with E-state index in [2.05, 4.69) is 119 Å². The van der Waals surface area contributed by atoms with Gasteiger partial charge in [0.15, 0.2) is 0 Å². The molecule has 0 aliphatic rings. The molecule has 0 aromatic heterocycles. The van der Waals surface area contributed by atoms with Crippen molar-refractivity contribution < 1.29 is 71.2 Å². The first-order valence-electron chi connectivity index (χ1n) is 41.5. The maximum Gasteiger partial charge on any atom is 0.265 e. The van der Waals surface area contributed by atoms with E-state index in [1.165, 1.54) is 84.0 Å². The lowest BCUT2D eigenvalue weighted by atomic mass is 9.76. The van der Waals surface area contributed by atoms with Gasteiger partial charge in [-0.05, 0) is 218 Å². The Morgan fingerprint density at radius 3 is 1.19 bits per heavy atom. The molecule has 0 atom stereocenters. The van der Waals surface area contributed by atoms with Gasteiger partial charge in [-0.3, -0.25) is 9.11 Å². The predicted octanol–water partition coefficient (Wildman–Crippen LogP) is 25.2. The second-order valence-corrected chi connectivity index (χ2v) is 52.2. The van der Waals surface area contributed by atoms with E-state index < -0.39 is 72.6 Å². The summed E-state index contributed by atoms with van der Waals surface area (Å²) in [6.45, 7) is 33.9. The first kappa shape index (κ1) is 96.1. The Labute approximate surface area is 716 Å². The highest BCUT2D eigenvalue weighted by molar-refractivity contribution is 8.08. The molecule has 0 unspecified atom stereocenters. The monoisotopic (exact) mass is 1760 g/mol. The van der Waals surface area contributed by atoms with E-state index in [0.717, 1.165) is 115 Å². The number of benzene rings is 8. The van der Waals surface area contributed by atoms with Gasteiger partial charge in [0.2, 0.25) is 19.7 Å². The van der Waals surface area contributed by atoms with Crippen LogP contribution in [0.3, 0.4) is 0 Å². The molecule has 0 saturated carbocycles. The normalized spacial score (nSPS) is 12.6. The smallest absolute Gasteiger partial charge is 0.265 e. The van der Waals surface area contributed by atoms with Gasteiger partial charge in [-0.25, -0.2) is 16.8 Å². The highest BCUT2D eigenvalue weighted by Crippen LogP contribution is 2.44. The van der Waals surface area contributed by atoms with Crippen LogP contribution in [0.25, 0.3) is 4.91 Å². The lowest BCUT2D eigenvalue weighted by molar-refractivity contribution is 0.216. The van der Waals surface area contributed by atoms with Crippen molar-refractivity contribution in [2.45, 2.75) is 231 Å². The summed E-state index contributed by atoms with van der Waals surface area (Å²) in [6, 6.07) is 60.5. The summed E-state index contributed by atoms with van der Waals surface area (Å²) in [6.07, 6.45) is 13.4. The Morgan fingerprint density at radius 1 is 0.441 bits per heavy atom. The van der Waals surface area contributed by atoms with Crippen molar-refractivity contribution in [1.29, 1.82) is 0 Å². The summed E-state index contributed by atoms with van der Waals surface area (Å²) in [5.74, 6) is 5.41. The number of sulfone groups is 2. The zero-order chi connectivity index (χ0) is 86.0. The van der Waals surface area contributed by atoms with Gasteiger partial charge < -0.3 is 28.4 Å². The van der Waals surface area contributed by atoms with Crippen molar-refractivity contribution >= 4 is 84.5 Å². The van der Waals surface area contributed by atoms with Crippen LogP contribution in [0.1, 0.15) is 178 Å². The first-order valence-corrected chi connectivity index (χ1v) is 55.5. The molecule has 0 radical (unpaired) electrons. The number of rotatable bonds is 52. The van der Waals surface area contributed by atoms with E-state index in [0.29, 0.717) is 75.4 Å². The molecule has 640 valence electrons. The molecule has 0 fully saturated rings. The second-order valence-electron chi connectivity index (χ2n) is 31.6. The Hall–Kier alpha value is -7.37. The minimum absolute atomic E-state index is 0.0622. The number of hydrogen-bond donors (Lipinski definition) is 2. The van der Waals surface area contributed by atoms with Crippen LogP contribution in [-0.2, 0) is 74.1 Å². The van der Waals surface area contributed by atoms with Crippen LogP contribution in [0.15, 0.2) is 221 Å². The van der Waals surface area contributed by atoms with Crippen molar-refractivity contribution in [3.63, 3.8) is 0 Å². The molecule has 0 saturated heterocycles. The molecule has 0 heterocycles. The van der Waals surface area contributed by atoms with Crippen LogP contribution in [0.5, 0.6) is 46.0 Å². The molecule has 118 heavy (non-hydrogen) atoms. The molecule has 8 aromatic carbocycles. The number of unbranched alkanes of at least 4 members (excludes halogenated alkanes) is 5. The summed E-state index contributed by atoms with van der Waals surface area (Å²) >= 11 is 2.70. The van der Waals surface area contributed by atoms with Gasteiger partial charge in [-0.1, -0.05) is 212 Å². The predicted molar refractivity (Wildman–Crippen MR) is 492 cm³/mol. The van der Waals surface area contributed by atoms with E-state index in [1.54, 1.807) is 98.1 Å². The van der Waals surface area contributed by atoms with Crippen molar-refractivity contribution in [3.05, 3.63) is 245 Å². The summed E-state index contributed by atoms with van der Waals surface area (Å²) < 4.78 is 160. The fourth-order valence-corrected chi connectivity index (χ4v) is 27.9. The molecular formula is C94H124O16S6Si2. The molecule has 8 rings (SSSR count). The van der Waals surface area contributed by atoms with Crippen molar-refractivity contribution in [1.82, 2.24) is 0 Å². The molecule has 0 aliphatic carbocycles. The number of thioether (sulfide) groups is 2. The maximum atomic E-state index is 14.5. The van der Waals surface area contributed by atoms with Gasteiger partial charge in [-0.15, -0.1) is 11.8 Å². The Balaban J connectivity index is 1.01. The van der Waals surface area contributed by atoms with E-state index >= 15 is 0 Å². The minimum Gasteiger partial charge on any atom is -0.497 e. The van der Waals surface area contributed by atoms with Gasteiger partial charge in [0.05, 0.1) is 67.6 Å². The van der Waals surface area contributed by atoms with Crippen LogP contribution in [-0.4, -0.2) is 102 Å². The number of hydrogen-bond acceptors (Lipinski definition) is 16. The molecule has 24 heteroatoms. The number of methoxy groups -OCH3 is 1. The molecule has 0 amide bonds. The third-order valence-corrected chi connectivity index (χ3v) is 43.0. The number of aryl methyl sites for hydroxylation is 2. The Kier molecular flexibility index (Phi) is 36.2. The summed E-state index contributed by atoms with van der Waals surface area (Å²) in [4.78, 5) is 1.08. The standard InChI is InChI=1S/C94H124O16S6Si2/c1-15-79(16-2)106-58-27-25-23-24-26-28-59-107-92-57-37-78(69-88(92)71(9)112-61-63-114(98,99)100)94(12,13)77-36-56-91(74(68-77)70-111-60-31-62-113(95,96)97)110-83-44-52-87(53-45-83)116(103,104)86-50-42-82(43-51-86)109-90-55-35-76(67-73(90)33-30-65-118(20-6,21-7)22-8)93(10,11)75-34-54-89(72(66-75)32-29-64-117(17-3,18-4)19-5)108-81-40-48-85(49-41-81)115(101,102)84-46-38-80(105-14)39-47-84/h15-16,34-57,66-69H,1,9,17-33,58-65,70H2,2-8,10-14H3,(H,95,96,97)(H,98,99,100)/b79-16+. The molecule has 8 aromatic rings. The van der Waals surface area contributed by atoms with Crippen LogP contribution >= 0.6 is 23.5 Å². The fourth-order valence-electron chi connectivity index (χ4n) is 15.1. The van der Waals surface area contributed by atoms with E-state index in [1.807, 2.05) is 49.4 Å². The van der Waals surface area contributed by atoms with Gasteiger partial charge in [-0.2, -0.15) is 28.6 Å². The average molecular weight is 1760 g/mol. The highest BCUT2D eigenvalue weighted by atomic mass is 32.2. The lowest BCUT2D eigenvalue weighted by Gasteiger charge is -2.30. The minimum atomic E-state index is -4.21. The second kappa shape index (κ2) is 44.4. The zero-order valence-corrected chi connectivity index (χ0v) is 78.1. The summed E-state index contributed by atoms with van der Waals surface area (Å²) in [5.41, 5.74) is 6.61. The van der Waals surface area contributed by atoms with Crippen molar-refractivity contribution in [2.24, 2.45) is 0 Å². The van der Waals surface area contributed by atoms with Crippen LogP contribution in [0, 0.1) is 0 Å². The van der Waals surface area contributed by atoms with Crippen LogP contribution in [0.2, 0.25) is 48.4 Å². The molecular weight excluding hydrogens is 1630 g/mol. The highest BCUT2D eigenvalue weighted by Gasteiger charge is 2.32. The molecule has 2 N–H and O–H groups in total. The number of allylic oxidation sites excluding steroid dienone is 2.